The molecule has 0 unspecified atom stereocenters. The highest BCUT2D eigenvalue weighted by molar-refractivity contribution is 5.96. The summed E-state index contributed by atoms with van der Waals surface area (Å²) in [6.45, 7) is 0. The molecule has 2 aromatic rings. The zero-order valence-electron chi connectivity index (χ0n) is 7.98. The van der Waals surface area contributed by atoms with E-state index < -0.39 is 11.7 Å². The molecule has 0 atom stereocenters. The number of fused-ring (bicyclic) bond motifs is 1. The van der Waals surface area contributed by atoms with Gasteiger partial charge in [0.1, 0.15) is 0 Å². The Hall–Kier alpha value is -2.08. The van der Waals surface area contributed by atoms with E-state index in [4.69, 9.17) is 10.3 Å². The van der Waals surface area contributed by atoms with Crippen LogP contribution in [0, 0.1) is 0 Å². The molecular formula is C9H9N3O3. The molecule has 6 heteroatoms. The third-order valence-electron chi connectivity index (χ3n) is 2.19. The van der Waals surface area contributed by atoms with Gasteiger partial charge in [-0.2, -0.15) is 0 Å². The summed E-state index contributed by atoms with van der Waals surface area (Å²) in [4.78, 5) is 22.3. The Morgan fingerprint density at radius 3 is 2.93 bits per heavy atom. The van der Waals surface area contributed by atoms with Crippen LogP contribution in [0.25, 0.3) is 11.1 Å². The van der Waals surface area contributed by atoms with Crippen LogP contribution in [0.5, 0.6) is 0 Å². The van der Waals surface area contributed by atoms with Gasteiger partial charge in [-0.25, -0.2) is 10.6 Å². The molecule has 1 aromatic carbocycles. The molecule has 15 heavy (non-hydrogen) atoms. The number of nitrogen functional groups attached to an aromatic ring is 1. The largest absolute Gasteiger partial charge is 0.419 e. The van der Waals surface area contributed by atoms with E-state index in [0.717, 1.165) is 0 Å². The fourth-order valence-corrected chi connectivity index (χ4v) is 1.36. The number of hydrogen-bond acceptors (Lipinski definition) is 4. The molecule has 0 aliphatic rings. The van der Waals surface area contributed by atoms with Crippen LogP contribution in [0.1, 0.15) is 10.4 Å². The summed E-state index contributed by atoms with van der Waals surface area (Å²) in [5.41, 5.74) is 3.35. The van der Waals surface area contributed by atoms with Crippen molar-refractivity contribution in [2.24, 2.45) is 12.9 Å². The highest BCUT2D eigenvalue weighted by Gasteiger charge is 2.09. The number of carbonyl (C=O) groups excluding carboxylic acids is 1. The maximum Gasteiger partial charge on any atom is 0.419 e. The summed E-state index contributed by atoms with van der Waals surface area (Å²) in [7, 11) is 1.59. The van der Waals surface area contributed by atoms with Crippen molar-refractivity contribution in [1.29, 1.82) is 0 Å². The van der Waals surface area contributed by atoms with Gasteiger partial charge in [-0.1, -0.05) is 0 Å². The molecule has 6 nitrogen and oxygen atoms in total. The van der Waals surface area contributed by atoms with E-state index in [1.165, 1.54) is 10.6 Å². The van der Waals surface area contributed by atoms with Gasteiger partial charge in [0.05, 0.1) is 5.52 Å². The molecular weight excluding hydrogens is 198 g/mol. The second kappa shape index (κ2) is 3.25. The third kappa shape index (κ3) is 1.40. The Bertz CT molecular complexity index is 582. The number of amides is 1. The van der Waals surface area contributed by atoms with E-state index in [0.29, 0.717) is 16.7 Å². The first kappa shape index (κ1) is 9.47. The second-order valence-electron chi connectivity index (χ2n) is 3.08. The van der Waals surface area contributed by atoms with Crippen LogP contribution in [0.2, 0.25) is 0 Å². The van der Waals surface area contributed by atoms with Gasteiger partial charge >= 0.3 is 5.76 Å². The summed E-state index contributed by atoms with van der Waals surface area (Å²) in [6.07, 6.45) is 0. The van der Waals surface area contributed by atoms with Crippen molar-refractivity contribution in [2.75, 3.05) is 0 Å². The molecule has 1 aromatic heterocycles. The summed E-state index contributed by atoms with van der Waals surface area (Å²) in [5, 5.41) is 0. The van der Waals surface area contributed by atoms with Crippen molar-refractivity contribution in [3.05, 3.63) is 34.3 Å². The van der Waals surface area contributed by atoms with Gasteiger partial charge in [0.15, 0.2) is 5.58 Å². The minimum atomic E-state index is -0.463. The van der Waals surface area contributed by atoms with Crippen LogP contribution in [-0.4, -0.2) is 10.5 Å². The van der Waals surface area contributed by atoms with Crippen molar-refractivity contribution in [3.63, 3.8) is 0 Å². The maximum atomic E-state index is 11.2. The van der Waals surface area contributed by atoms with E-state index in [2.05, 4.69) is 0 Å². The van der Waals surface area contributed by atoms with Gasteiger partial charge < -0.3 is 4.42 Å². The Morgan fingerprint density at radius 2 is 2.27 bits per heavy atom. The number of oxazole rings is 1. The predicted molar refractivity (Wildman–Crippen MR) is 53.1 cm³/mol. The quantitative estimate of drug-likeness (QED) is 0.383. The molecule has 3 N–H and O–H groups in total. The maximum absolute atomic E-state index is 11.2. The molecule has 0 radical (unpaired) electrons. The first-order valence-corrected chi connectivity index (χ1v) is 4.24. The van der Waals surface area contributed by atoms with Gasteiger partial charge in [0.25, 0.3) is 5.91 Å². The van der Waals surface area contributed by atoms with Gasteiger partial charge in [-0.15, -0.1) is 0 Å². The molecule has 0 aliphatic heterocycles. The Kier molecular flexibility index (Phi) is 2.05. The molecule has 0 aliphatic carbocycles. The van der Waals surface area contributed by atoms with Gasteiger partial charge in [-0.3, -0.25) is 14.8 Å². The lowest BCUT2D eigenvalue weighted by Gasteiger charge is -1.98. The lowest BCUT2D eigenvalue weighted by atomic mass is 10.2. The second-order valence-corrected chi connectivity index (χ2v) is 3.08. The van der Waals surface area contributed by atoms with Crippen molar-refractivity contribution in [1.82, 2.24) is 9.99 Å². The zero-order chi connectivity index (χ0) is 11.0. The fourth-order valence-electron chi connectivity index (χ4n) is 1.36. The minimum Gasteiger partial charge on any atom is -0.408 e. The molecule has 0 fully saturated rings. The number of hydrazine groups is 1. The average Bonchev–Trinajstić information content (AvgIpc) is 2.53. The summed E-state index contributed by atoms with van der Waals surface area (Å²) in [5.74, 6) is 4.10. The standard InChI is InChI=1S/C9H9N3O3/c1-12-6-3-2-5(8(13)11-10)4-7(6)15-9(12)14/h2-4H,10H2,1H3,(H,11,13). The van der Waals surface area contributed by atoms with Crippen LogP contribution in [0.3, 0.4) is 0 Å². The van der Waals surface area contributed by atoms with Crippen molar-refractivity contribution >= 4 is 17.0 Å². The summed E-state index contributed by atoms with van der Waals surface area (Å²) < 4.78 is 6.28. The fraction of sp³-hybridized carbons (Fsp3) is 0.111. The first-order chi connectivity index (χ1) is 7.13. The number of carbonyl (C=O) groups is 1. The number of aryl methyl sites for hydroxylation is 1. The molecule has 1 amide bonds. The Morgan fingerprint density at radius 1 is 1.53 bits per heavy atom. The van der Waals surface area contributed by atoms with Gasteiger partial charge in [-0.05, 0) is 18.2 Å². The average molecular weight is 207 g/mol. The zero-order valence-corrected chi connectivity index (χ0v) is 7.98. The van der Waals surface area contributed by atoms with E-state index in [-0.39, 0.29) is 0 Å². The van der Waals surface area contributed by atoms with E-state index in [1.807, 2.05) is 5.43 Å². The molecule has 78 valence electrons. The number of nitrogens with one attached hydrogen (secondary N) is 1. The summed E-state index contributed by atoms with van der Waals surface area (Å²) in [6, 6.07) is 4.67. The highest BCUT2D eigenvalue weighted by Crippen LogP contribution is 2.13. The van der Waals surface area contributed by atoms with Crippen LogP contribution >= 0.6 is 0 Å². The lowest BCUT2D eigenvalue weighted by molar-refractivity contribution is 0.0953. The van der Waals surface area contributed by atoms with E-state index >= 15 is 0 Å². The highest BCUT2D eigenvalue weighted by atomic mass is 16.4. The number of aromatic nitrogens is 1. The van der Waals surface area contributed by atoms with Crippen LogP contribution in [0.4, 0.5) is 0 Å². The Balaban J connectivity index is 2.67. The monoisotopic (exact) mass is 207 g/mol. The lowest BCUT2D eigenvalue weighted by Crippen LogP contribution is -2.29. The molecule has 0 saturated heterocycles. The topological polar surface area (TPSA) is 90.3 Å². The van der Waals surface area contributed by atoms with Crippen LogP contribution < -0.4 is 17.0 Å². The number of benzene rings is 1. The van der Waals surface area contributed by atoms with Crippen molar-refractivity contribution in [2.45, 2.75) is 0 Å². The Labute approximate surface area is 84.2 Å². The molecule has 0 saturated carbocycles. The van der Waals surface area contributed by atoms with Crippen molar-refractivity contribution in [3.8, 4) is 0 Å². The number of nitrogens with zero attached hydrogens (tertiary/aromatic N) is 1. The molecule has 0 spiro atoms. The third-order valence-corrected chi connectivity index (χ3v) is 2.19. The van der Waals surface area contributed by atoms with Crippen molar-refractivity contribution < 1.29 is 9.21 Å². The number of rotatable bonds is 1. The van der Waals surface area contributed by atoms with Crippen LogP contribution in [0.15, 0.2) is 27.4 Å². The van der Waals surface area contributed by atoms with Crippen LogP contribution in [-0.2, 0) is 7.05 Å². The van der Waals surface area contributed by atoms with E-state index in [1.54, 1.807) is 19.2 Å². The number of hydrogen-bond donors (Lipinski definition) is 2. The number of nitrogens with two attached hydrogens (primary N) is 1. The summed E-state index contributed by atoms with van der Waals surface area (Å²) >= 11 is 0. The van der Waals surface area contributed by atoms with Gasteiger partial charge in [0, 0.05) is 12.6 Å². The van der Waals surface area contributed by atoms with E-state index in [9.17, 15) is 9.59 Å². The molecule has 2 rings (SSSR count). The minimum absolute atomic E-state index is 0.347. The normalized spacial score (nSPS) is 10.5. The molecule has 0 bridgehead atoms. The first-order valence-electron chi connectivity index (χ1n) is 4.24. The smallest absolute Gasteiger partial charge is 0.408 e. The SMILES string of the molecule is Cn1c(=O)oc2cc(C(=O)NN)ccc21. The molecule has 1 heterocycles. The van der Waals surface area contributed by atoms with Gasteiger partial charge in [0.2, 0.25) is 0 Å². The predicted octanol–water partition coefficient (Wildman–Crippen LogP) is -0.265.